The van der Waals surface area contributed by atoms with Crippen LogP contribution in [0, 0.1) is 24.4 Å². The molecular weight excluding hydrogens is 291 g/mol. The van der Waals surface area contributed by atoms with Crippen LogP contribution in [0.5, 0.6) is 0 Å². The highest BCUT2D eigenvalue weighted by molar-refractivity contribution is 7.71. The number of imidazole rings is 1. The monoisotopic (exact) mass is 306 g/mol. The third-order valence-electron chi connectivity index (χ3n) is 3.62. The van der Waals surface area contributed by atoms with Gasteiger partial charge in [0.15, 0.2) is 4.77 Å². The van der Waals surface area contributed by atoms with Gasteiger partial charge in [-0.3, -0.25) is 0 Å². The maximum absolute atomic E-state index is 13.8. The Morgan fingerprint density at radius 2 is 2.10 bits per heavy atom. The van der Waals surface area contributed by atoms with E-state index in [0.717, 1.165) is 5.52 Å². The van der Waals surface area contributed by atoms with Crippen LogP contribution in [-0.2, 0) is 0 Å². The van der Waals surface area contributed by atoms with E-state index in [4.69, 9.17) is 12.2 Å². The van der Waals surface area contributed by atoms with Crippen molar-refractivity contribution in [2.75, 3.05) is 0 Å². The second-order valence-electron chi connectivity index (χ2n) is 4.98. The van der Waals surface area contributed by atoms with E-state index in [1.165, 1.54) is 21.4 Å². The number of aromatic amines is 1. The number of thiophene rings is 1. The lowest BCUT2D eigenvalue weighted by atomic mass is 10.1. The van der Waals surface area contributed by atoms with E-state index in [1.54, 1.807) is 17.4 Å². The minimum atomic E-state index is -0.266. The molecule has 0 aliphatic heterocycles. The lowest BCUT2D eigenvalue weighted by Gasteiger charge is -2.14. The van der Waals surface area contributed by atoms with Gasteiger partial charge in [-0.25, -0.2) is 4.39 Å². The minimum Gasteiger partial charge on any atom is -0.328 e. The number of fused-ring (bicyclic) bond motifs is 1. The second-order valence-corrected chi connectivity index (χ2v) is 6.83. The molecule has 1 unspecified atom stereocenters. The molecule has 3 rings (SSSR count). The van der Waals surface area contributed by atoms with Crippen molar-refractivity contribution in [2.24, 2.45) is 0 Å². The van der Waals surface area contributed by atoms with Crippen LogP contribution in [0.3, 0.4) is 0 Å². The quantitative estimate of drug-likeness (QED) is 0.651. The van der Waals surface area contributed by atoms with E-state index in [1.807, 2.05) is 10.6 Å². The van der Waals surface area contributed by atoms with Gasteiger partial charge < -0.3 is 9.55 Å². The van der Waals surface area contributed by atoms with Gasteiger partial charge in [0.2, 0.25) is 0 Å². The van der Waals surface area contributed by atoms with E-state index in [9.17, 15) is 4.39 Å². The molecule has 1 aromatic carbocycles. The predicted molar refractivity (Wildman–Crippen MR) is 84.7 cm³/mol. The molecule has 0 radical (unpaired) electrons. The second kappa shape index (κ2) is 4.82. The number of benzene rings is 1. The molecule has 5 heteroatoms. The van der Waals surface area contributed by atoms with Gasteiger partial charge in [-0.15, -0.1) is 11.3 Å². The molecule has 1 N–H and O–H groups in total. The Balaban J connectivity index is 2.24. The zero-order chi connectivity index (χ0) is 14.4. The molecule has 2 nitrogen and oxygen atoms in total. The number of hydrogen-bond acceptors (Lipinski definition) is 2. The zero-order valence-corrected chi connectivity index (χ0v) is 13.2. The van der Waals surface area contributed by atoms with Crippen molar-refractivity contribution in [3.63, 3.8) is 0 Å². The molecule has 0 saturated carbocycles. The number of hydrogen-bond donors (Lipinski definition) is 1. The van der Waals surface area contributed by atoms with Crippen molar-refractivity contribution in [3.05, 3.63) is 50.2 Å². The molecule has 0 amide bonds. The molecule has 0 aliphatic rings. The molecule has 3 aromatic rings. The normalized spacial score (nSPS) is 13.0. The highest BCUT2D eigenvalue weighted by Gasteiger charge is 2.17. The van der Waals surface area contributed by atoms with Crippen LogP contribution in [0.25, 0.3) is 11.0 Å². The molecule has 0 saturated heterocycles. The number of halogens is 1. The molecule has 0 spiro atoms. The van der Waals surface area contributed by atoms with Crippen LogP contribution < -0.4 is 0 Å². The third-order valence-corrected chi connectivity index (χ3v) is 4.90. The summed E-state index contributed by atoms with van der Waals surface area (Å²) in [5, 5.41) is 0. The number of nitrogens with zero attached hydrogens (tertiary/aromatic N) is 1. The van der Waals surface area contributed by atoms with Gasteiger partial charge in [-0.1, -0.05) is 6.07 Å². The Morgan fingerprint density at radius 3 is 2.75 bits per heavy atom. The van der Waals surface area contributed by atoms with Crippen LogP contribution in [0.2, 0.25) is 0 Å². The van der Waals surface area contributed by atoms with Gasteiger partial charge in [-0.2, -0.15) is 0 Å². The summed E-state index contributed by atoms with van der Waals surface area (Å²) in [5.41, 5.74) is 2.54. The summed E-state index contributed by atoms with van der Waals surface area (Å²) in [6.45, 7) is 6.31. The molecule has 2 aromatic heterocycles. The first-order valence-electron chi connectivity index (χ1n) is 6.44. The summed E-state index contributed by atoms with van der Waals surface area (Å²) < 4.78 is 16.4. The fraction of sp³-hybridized carbons (Fsp3) is 0.267. The fourth-order valence-corrected chi connectivity index (χ4v) is 4.08. The fourth-order valence-electron chi connectivity index (χ4n) is 2.70. The van der Waals surface area contributed by atoms with Gasteiger partial charge in [-0.05, 0) is 56.8 Å². The molecular formula is C15H15FN2S2. The number of para-hydroxylation sites is 1. The molecule has 0 fully saturated rings. The van der Waals surface area contributed by atoms with Crippen molar-refractivity contribution in [3.8, 4) is 0 Å². The first-order valence-corrected chi connectivity index (χ1v) is 7.67. The first-order chi connectivity index (χ1) is 9.49. The van der Waals surface area contributed by atoms with Gasteiger partial charge in [0.1, 0.15) is 11.3 Å². The maximum Gasteiger partial charge on any atom is 0.178 e. The van der Waals surface area contributed by atoms with Crippen LogP contribution in [-0.4, -0.2) is 9.55 Å². The predicted octanol–water partition coefficient (Wildman–Crippen LogP) is 5.13. The van der Waals surface area contributed by atoms with Crippen molar-refractivity contribution in [2.45, 2.75) is 26.8 Å². The van der Waals surface area contributed by atoms with Crippen LogP contribution in [0.15, 0.2) is 24.3 Å². The summed E-state index contributed by atoms with van der Waals surface area (Å²) >= 11 is 7.16. The molecule has 20 heavy (non-hydrogen) atoms. The summed E-state index contributed by atoms with van der Waals surface area (Å²) in [7, 11) is 0. The SMILES string of the molecule is Cc1cc(C(C)n2c(=S)[nH]c3c(F)cccc32)c(C)s1. The molecule has 0 bridgehead atoms. The van der Waals surface area contributed by atoms with Crippen LogP contribution >= 0.6 is 23.6 Å². The Hall–Kier alpha value is -1.46. The van der Waals surface area contributed by atoms with Crippen molar-refractivity contribution in [1.29, 1.82) is 0 Å². The lowest BCUT2D eigenvalue weighted by molar-refractivity contribution is 0.636. The van der Waals surface area contributed by atoms with Crippen molar-refractivity contribution >= 4 is 34.6 Å². The molecule has 2 heterocycles. The van der Waals surface area contributed by atoms with Crippen molar-refractivity contribution < 1.29 is 4.39 Å². The van der Waals surface area contributed by atoms with E-state index in [-0.39, 0.29) is 11.9 Å². The molecule has 104 valence electrons. The van der Waals surface area contributed by atoms with Gasteiger partial charge >= 0.3 is 0 Å². The largest absolute Gasteiger partial charge is 0.328 e. The highest BCUT2D eigenvalue weighted by Crippen LogP contribution is 2.31. The van der Waals surface area contributed by atoms with Gasteiger partial charge in [0.05, 0.1) is 11.6 Å². The van der Waals surface area contributed by atoms with Crippen LogP contribution in [0.4, 0.5) is 4.39 Å². The molecule has 1 atom stereocenters. The van der Waals surface area contributed by atoms with Gasteiger partial charge in [0, 0.05) is 9.75 Å². The first kappa shape index (κ1) is 13.5. The van der Waals surface area contributed by atoms with E-state index < -0.39 is 0 Å². The topological polar surface area (TPSA) is 20.7 Å². The summed E-state index contributed by atoms with van der Waals surface area (Å²) in [6.07, 6.45) is 0. The van der Waals surface area contributed by atoms with E-state index in [2.05, 4.69) is 31.8 Å². The number of nitrogens with one attached hydrogen (secondary N) is 1. The maximum atomic E-state index is 13.8. The summed E-state index contributed by atoms with van der Waals surface area (Å²) in [6, 6.07) is 7.33. The lowest BCUT2D eigenvalue weighted by Crippen LogP contribution is -2.07. The average molecular weight is 306 g/mol. The van der Waals surface area contributed by atoms with Gasteiger partial charge in [0.25, 0.3) is 0 Å². The highest BCUT2D eigenvalue weighted by atomic mass is 32.1. The summed E-state index contributed by atoms with van der Waals surface area (Å²) in [4.78, 5) is 5.54. The van der Waals surface area contributed by atoms with E-state index >= 15 is 0 Å². The number of rotatable bonds is 2. The summed E-state index contributed by atoms with van der Waals surface area (Å²) in [5.74, 6) is -0.266. The number of aryl methyl sites for hydroxylation is 2. The Morgan fingerprint density at radius 1 is 1.35 bits per heavy atom. The minimum absolute atomic E-state index is 0.0861. The number of H-pyrrole nitrogens is 1. The average Bonchev–Trinajstić information content (AvgIpc) is 2.89. The molecule has 0 aliphatic carbocycles. The Bertz CT molecular complexity index is 841. The zero-order valence-electron chi connectivity index (χ0n) is 11.5. The van der Waals surface area contributed by atoms with Crippen molar-refractivity contribution in [1.82, 2.24) is 9.55 Å². The standard InChI is InChI=1S/C15H15FN2S2/c1-8-7-11(10(3)20-8)9(2)18-13-6-4-5-12(16)14(13)17-15(18)19/h4-7,9H,1-3H3,(H,17,19). The Kier molecular flexibility index (Phi) is 3.26. The number of aromatic nitrogens is 2. The van der Waals surface area contributed by atoms with E-state index in [0.29, 0.717) is 10.3 Å². The third kappa shape index (κ3) is 2.01. The Labute approximate surface area is 125 Å². The smallest absolute Gasteiger partial charge is 0.178 e. The van der Waals surface area contributed by atoms with Crippen LogP contribution in [0.1, 0.15) is 28.3 Å².